The molecule has 0 aliphatic carbocycles. The van der Waals surface area contributed by atoms with E-state index in [0.29, 0.717) is 0 Å². The molecule has 0 fully saturated rings. The summed E-state index contributed by atoms with van der Waals surface area (Å²) in [6, 6.07) is 16.9. The van der Waals surface area contributed by atoms with Crippen LogP contribution >= 0.6 is 12.2 Å². The molecule has 0 aliphatic heterocycles. The zero-order valence-electron chi connectivity index (χ0n) is 16.3. The van der Waals surface area contributed by atoms with Gasteiger partial charge < -0.3 is 5.32 Å². The summed E-state index contributed by atoms with van der Waals surface area (Å²) in [4.78, 5) is 0.738. The summed E-state index contributed by atoms with van der Waals surface area (Å²) < 4.78 is 0. The van der Waals surface area contributed by atoms with Crippen molar-refractivity contribution in [2.45, 2.75) is 33.6 Å². The summed E-state index contributed by atoms with van der Waals surface area (Å²) in [6.07, 6.45) is 5.76. The highest BCUT2D eigenvalue weighted by atomic mass is 32.1. The van der Waals surface area contributed by atoms with Gasteiger partial charge in [0.1, 0.15) is 0 Å². The van der Waals surface area contributed by atoms with Crippen LogP contribution in [0.2, 0.25) is 0 Å². The fraction of sp³-hybridized carbons (Fsp3) is 0.208. The Morgan fingerprint density at radius 1 is 1.12 bits per heavy atom. The highest BCUT2D eigenvalue weighted by Crippen LogP contribution is 2.30. The first-order chi connectivity index (χ1) is 12.5. The molecule has 26 heavy (non-hydrogen) atoms. The Balaban J connectivity index is 0.00000163. The maximum atomic E-state index is 4.99. The Morgan fingerprint density at radius 2 is 1.77 bits per heavy atom. The van der Waals surface area contributed by atoms with E-state index in [1.165, 1.54) is 16.7 Å². The zero-order valence-corrected chi connectivity index (χ0v) is 17.1. The fourth-order valence-corrected chi connectivity index (χ4v) is 2.75. The van der Waals surface area contributed by atoms with Gasteiger partial charge in [0.05, 0.1) is 4.99 Å². The Kier molecular flexibility index (Phi) is 9.32. The molecule has 0 heterocycles. The Morgan fingerprint density at radius 3 is 2.31 bits per heavy atom. The van der Waals surface area contributed by atoms with Gasteiger partial charge in [-0.15, -0.1) is 6.58 Å². The lowest BCUT2D eigenvalue weighted by atomic mass is 9.87. The standard InChI is InChI=1S/C22H23NS.C2H6/c1-5-21(19-9-7-6-8-10-19)22-12-11-20(15-17(22)3)16(2)13-14-23-18(4)24;1-2/h5-15,21H,1-2H2,3-4H3,(H,23,24);1-2H3/b14-13-;. The number of allylic oxidation sites excluding steroid dienone is 3. The first-order valence-electron chi connectivity index (χ1n) is 8.94. The van der Waals surface area contributed by atoms with E-state index in [-0.39, 0.29) is 5.92 Å². The van der Waals surface area contributed by atoms with Gasteiger partial charge >= 0.3 is 0 Å². The van der Waals surface area contributed by atoms with Gasteiger partial charge in [0.25, 0.3) is 0 Å². The van der Waals surface area contributed by atoms with Crippen molar-refractivity contribution in [2.24, 2.45) is 0 Å². The molecule has 0 aromatic heterocycles. The smallest absolute Gasteiger partial charge is 0.0761 e. The Bertz CT molecular complexity index is 772. The van der Waals surface area contributed by atoms with Crippen molar-refractivity contribution in [3.8, 4) is 0 Å². The second kappa shape index (κ2) is 11.2. The molecule has 0 saturated carbocycles. The highest BCUT2D eigenvalue weighted by molar-refractivity contribution is 7.80. The summed E-state index contributed by atoms with van der Waals surface area (Å²) >= 11 is 4.99. The Labute approximate surface area is 164 Å². The van der Waals surface area contributed by atoms with Crippen LogP contribution in [0.5, 0.6) is 0 Å². The van der Waals surface area contributed by atoms with Crippen molar-refractivity contribution in [1.29, 1.82) is 0 Å². The van der Waals surface area contributed by atoms with E-state index >= 15 is 0 Å². The van der Waals surface area contributed by atoms with Crippen LogP contribution in [-0.2, 0) is 0 Å². The molecule has 0 aliphatic rings. The third-order valence-electron chi connectivity index (χ3n) is 3.94. The third-order valence-corrected chi connectivity index (χ3v) is 4.06. The normalized spacial score (nSPS) is 11.2. The number of aryl methyl sites for hydroxylation is 1. The topological polar surface area (TPSA) is 12.0 Å². The molecular weight excluding hydrogens is 334 g/mol. The second-order valence-electron chi connectivity index (χ2n) is 5.75. The molecule has 0 bridgehead atoms. The van der Waals surface area contributed by atoms with Crippen LogP contribution in [0, 0.1) is 6.92 Å². The lowest BCUT2D eigenvalue weighted by molar-refractivity contribution is 1.01. The van der Waals surface area contributed by atoms with Crippen LogP contribution in [0.4, 0.5) is 0 Å². The predicted molar refractivity (Wildman–Crippen MR) is 121 cm³/mol. The maximum Gasteiger partial charge on any atom is 0.0761 e. The van der Waals surface area contributed by atoms with Gasteiger partial charge in [-0.1, -0.05) is 87.3 Å². The van der Waals surface area contributed by atoms with Crippen molar-refractivity contribution in [3.05, 3.63) is 102 Å². The maximum absolute atomic E-state index is 4.99. The van der Waals surface area contributed by atoms with Gasteiger partial charge in [0.2, 0.25) is 0 Å². The van der Waals surface area contributed by atoms with E-state index in [0.717, 1.165) is 16.1 Å². The van der Waals surface area contributed by atoms with Gasteiger partial charge in [-0.05, 0) is 47.8 Å². The summed E-state index contributed by atoms with van der Waals surface area (Å²) in [5.41, 5.74) is 5.80. The van der Waals surface area contributed by atoms with Gasteiger partial charge in [-0.3, -0.25) is 0 Å². The molecule has 0 radical (unpaired) electrons. The molecule has 0 amide bonds. The zero-order chi connectivity index (χ0) is 19.5. The number of rotatable bonds is 6. The Hall–Kier alpha value is -2.45. The average molecular weight is 364 g/mol. The molecule has 1 nitrogen and oxygen atoms in total. The molecule has 0 saturated heterocycles. The first kappa shape index (κ1) is 21.6. The van der Waals surface area contributed by atoms with Gasteiger partial charge in [0, 0.05) is 12.1 Å². The molecule has 136 valence electrons. The number of hydrogen-bond donors (Lipinski definition) is 1. The average Bonchev–Trinajstić information content (AvgIpc) is 2.65. The van der Waals surface area contributed by atoms with Crippen LogP contribution in [0.1, 0.15) is 48.9 Å². The number of benzene rings is 2. The second-order valence-corrected chi connectivity index (χ2v) is 6.37. The number of thiocarbonyl (C=S) groups is 1. The lowest BCUT2D eigenvalue weighted by Gasteiger charge is -2.17. The van der Waals surface area contributed by atoms with E-state index in [1.54, 1.807) is 0 Å². The van der Waals surface area contributed by atoms with Gasteiger partial charge in [0.15, 0.2) is 0 Å². The largest absolute Gasteiger partial charge is 0.356 e. The van der Waals surface area contributed by atoms with Crippen molar-refractivity contribution in [1.82, 2.24) is 5.32 Å². The molecule has 2 aromatic carbocycles. The van der Waals surface area contributed by atoms with E-state index in [4.69, 9.17) is 12.2 Å². The van der Waals surface area contributed by atoms with E-state index in [9.17, 15) is 0 Å². The van der Waals surface area contributed by atoms with Crippen LogP contribution in [-0.4, -0.2) is 4.99 Å². The minimum absolute atomic E-state index is 0.197. The number of nitrogens with one attached hydrogen (secondary N) is 1. The van der Waals surface area contributed by atoms with Crippen LogP contribution in [0.25, 0.3) is 5.57 Å². The molecule has 2 heteroatoms. The van der Waals surface area contributed by atoms with Crippen molar-refractivity contribution >= 4 is 22.8 Å². The van der Waals surface area contributed by atoms with Crippen molar-refractivity contribution < 1.29 is 0 Å². The monoisotopic (exact) mass is 363 g/mol. The summed E-state index contributed by atoms with van der Waals surface area (Å²) in [5, 5.41) is 3.00. The van der Waals surface area contributed by atoms with Gasteiger partial charge in [-0.25, -0.2) is 0 Å². The quantitative estimate of drug-likeness (QED) is 0.344. The predicted octanol–water partition coefficient (Wildman–Crippen LogP) is 6.80. The van der Waals surface area contributed by atoms with Crippen LogP contribution in [0.15, 0.2) is 80.0 Å². The molecular formula is C24H29NS. The molecule has 1 atom stereocenters. The first-order valence-corrected chi connectivity index (χ1v) is 9.34. The van der Waals surface area contributed by atoms with E-state index in [2.05, 4.69) is 67.9 Å². The molecule has 2 rings (SSSR count). The highest BCUT2D eigenvalue weighted by Gasteiger charge is 2.13. The third kappa shape index (κ3) is 6.12. The SMILES string of the molecule is C=CC(c1ccccc1)c1ccc(C(=C)/C=C\NC(C)=S)cc1C.CC. The molecule has 2 aromatic rings. The molecule has 0 spiro atoms. The van der Waals surface area contributed by atoms with Crippen molar-refractivity contribution in [3.63, 3.8) is 0 Å². The molecule has 1 N–H and O–H groups in total. The molecule has 1 unspecified atom stereocenters. The van der Waals surface area contributed by atoms with Gasteiger partial charge in [-0.2, -0.15) is 0 Å². The fourth-order valence-electron chi connectivity index (χ4n) is 2.68. The van der Waals surface area contributed by atoms with Crippen LogP contribution < -0.4 is 5.32 Å². The summed E-state index contributed by atoms with van der Waals surface area (Å²) in [6.45, 7) is 16.1. The van der Waals surface area contributed by atoms with Crippen molar-refractivity contribution in [2.75, 3.05) is 0 Å². The lowest BCUT2D eigenvalue weighted by Crippen LogP contribution is -2.08. The summed E-state index contributed by atoms with van der Waals surface area (Å²) in [7, 11) is 0. The van der Waals surface area contributed by atoms with E-state index in [1.807, 2.05) is 45.2 Å². The minimum Gasteiger partial charge on any atom is -0.356 e. The minimum atomic E-state index is 0.197. The van der Waals surface area contributed by atoms with Crippen LogP contribution in [0.3, 0.4) is 0 Å². The number of hydrogen-bond acceptors (Lipinski definition) is 1. The van der Waals surface area contributed by atoms with E-state index < -0.39 is 0 Å². The summed E-state index contributed by atoms with van der Waals surface area (Å²) in [5.74, 6) is 0.197.